The maximum Gasteiger partial charge on any atom is 0.319 e. The predicted molar refractivity (Wildman–Crippen MR) is 180 cm³/mol. The number of likely N-dealkylation sites (tertiary alicyclic amines) is 2. The number of amides is 4. The normalized spacial score (nSPS) is 18.4. The van der Waals surface area contributed by atoms with E-state index in [1.54, 1.807) is 23.2 Å². The number of fused-ring (bicyclic) bond motifs is 1. The van der Waals surface area contributed by atoms with Crippen molar-refractivity contribution in [3.63, 3.8) is 0 Å². The second-order valence-electron chi connectivity index (χ2n) is 12.5. The van der Waals surface area contributed by atoms with Gasteiger partial charge in [-0.2, -0.15) is 0 Å². The van der Waals surface area contributed by atoms with Gasteiger partial charge in [-0.1, -0.05) is 6.07 Å². The quantitative estimate of drug-likeness (QED) is 0.193. The Bertz CT molecular complexity index is 1850. The van der Waals surface area contributed by atoms with Gasteiger partial charge in [0, 0.05) is 62.3 Å². The summed E-state index contributed by atoms with van der Waals surface area (Å²) in [7, 11) is 0. The molecule has 0 aliphatic carbocycles. The molecule has 6 heterocycles. The largest absolute Gasteiger partial charge is 0.453 e. The Balaban J connectivity index is 0.941. The molecule has 0 spiro atoms. The second-order valence-corrected chi connectivity index (χ2v) is 13.6. The predicted octanol–water partition coefficient (Wildman–Crippen LogP) is 3.98. The summed E-state index contributed by atoms with van der Waals surface area (Å²) >= 11 is 1.44. The zero-order valence-corrected chi connectivity index (χ0v) is 27.4. The molecule has 49 heavy (non-hydrogen) atoms. The standard InChI is InChI=1S/C34H36FN7O6S/c35-25-10-22(38-33(45)39-23-15-42(16-23)34(46)40-24-18-47-19-24)4-6-29(25)48-30-7-8-36-27-11-31(49-32(27)30)26-5-3-20(12-37-26)13-41-9-1-2-21(14-41)28(44)17-43/h3-8,10-12,21,23-24,43H,1-2,9,13-19H2,(H,40,46)(H2,38,39,45). The number of ether oxygens (including phenoxy) is 2. The Morgan fingerprint density at radius 3 is 2.61 bits per heavy atom. The van der Waals surface area contributed by atoms with E-state index >= 15 is 4.39 Å². The third-order valence-corrected chi connectivity index (χ3v) is 10.0. The lowest BCUT2D eigenvalue weighted by Crippen LogP contribution is -2.65. The van der Waals surface area contributed by atoms with Crippen molar-refractivity contribution in [3.05, 3.63) is 66.2 Å². The number of carbonyl (C=O) groups excluding carboxylic acids is 3. The van der Waals surface area contributed by atoms with Crippen molar-refractivity contribution in [2.75, 3.05) is 51.3 Å². The number of aliphatic hydroxyl groups is 1. The highest BCUT2D eigenvalue weighted by Gasteiger charge is 2.33. The van der Waals surface area contributed by atoms with Crippen molar-refractivity contribution in [1.82, 2.24) is 30.4 Å². The molecule has 3 aliphatic rings. The molecule has 1 unspecified atom stereocenters. The van der Waals surface area contributed by atoms with E-state index in [4.69, 9.17) is 9.47 Å². The van der Waals surface area contributed by atoms with E-state index in [-0.39, 0.29) is 41.3 Å². The van der Waals surface area contributed by atoms with Gasteiger partial charge in [0.05, 0.1) is 46.1 Å². The topological polar surface area (TPSA) is 158 Å². The van der Waals surface area contributed by atoms with Crippen LogP contribution in [0, 0.1) is 11.7 Å². The molecule has 3 aromatic heterocycles. The van der Waals surface area contributed by atoms with E-state index in [0.29, 0.717) is 50.7 Å². The maximum atomic E-state index is 15.1. The molecule has 4 amide bonds. The minimum absolute atomic E-state index is 0.00552. The Hall–Kier alpha value is -4.70. The SMILES string of the molecule is O=C(Nc1ccc(Oc2ccnc3cc(-c4ccc(CN5CCCC(C(=O)CO)C5)cn4)sc23)c(F)c1)NC1CN(C(=O)NC2COC2)C1. The van der Waals surface area contributed by atoms with Gasteiger partial charge in [0.25, 0.3) is 0 Å². The van der Waals surface area contributed by atoms with Gasteiger partial charge < -0.3 is 35.4 Å². The first kappa shape index (κ1) is 32.8. The Labute approximate surface area is 285 Å². The lowest BCUT2D eigenvalue weighted by Gasteiger charge is -2.40. The van der Waals surface area contributed by atoms with Crippen LogP contribution in [0.25, 0.3) is 20.8 Å². The molecule has 256 valence electrons. The number of benzene rings is 1. The van der Waals surface area contributed by atoms with Gasteiger partial charge in [-0.3, -0.25) is 19.7 Å². The fourth-order valence-corrected chi connectivity index (χ4v) is 7.13. The maximum absolute atomic E-state index is 15.1. The molecule has 1 aromatic carbocycles. The fourth-order valence-electron chi connectivity index (χ4n) is 6.09. The van der Waals surface area contributed by atoms with Crippen molar-refractivity contribution in [2.45, 2.75) is 31.5 Å². The van der Waals surface area contributed by atoms with Crippen LogP contribution in [0.3, 0.4) is 0 Å². The van der Waals surface area contributed by atoms with Crippen LogP contribution in [0.15, 0.2) is 54.9 Å². The molecule has 4 N–H and O–H groups in total. The number of Topliss-reactive ketones (excluding diaryl/α,β-unsaturated/α-hetero) is 1. The summed E-state index contributed by atoms with van der Waals surface area (Å²) in [5.41, 5.74) is 2.75. The van der Waals surface area contributed by atoms with Crippen LogP contribution in [-0.2, 0) is 16.1 Å². The molecular formula is C34H36FN7O6S. The number of anilines is 1. The number of thiophene rings is 1. The van der Waals surface area contributed by atoms with Gasteiger partial charge in [-0.15, -0.1) is 11.3 Å². The molecule has 3 fully saturated rings. The van der Waals surface area contributed by atoms with Crippen LogP contribution >= 0.6 is 11.3 Å². The van der Waals surface area contributed by atoms with E-state index in [2.05, 4.69) is 30.8 Å². The van der Waals surface area contributed by atoms with Crippen molar-refractivity contribution in [3.8, 4) is 22.1 Å². The molecule has 7 rings (SSSR count). The third kappa shape index (κ3) is 7.64. The molecular weight excluding hydrogens is 653 g/mol. The Morgan fingerprint density at radius 2 is 1.88 bits per heavy atom. The number of nitrogens with zero attached hydrogens (tertiary/aromatic N) is 4. The summed E-state index contributed by atoms with van der Waals surface area (Å²) in [6.07, 6.45) is 5.17. The van der Waals surface area contributed by atoms with Gasteiger partial charge in [0.2, 0.25) is 0 Å². The minimum atomic E-state index is -0.649. The number of ketones is 1. The first-order valence-electron chi connectivity index (χ1n) is 16.2. The van der Waals surface area contributed by atoms with Crippen molar-refractivity contribution >= 4 is 45.1 Å². The third-order valence-electron chi connectivity index (χ3n) is 8.86. The zero-order chi connectivity index (χ0) is 33.9. The Morgan fingerprint density at radius 1 is 1.02 bits per heavy atom. The number of urea groups is 2. The molecule has 3 aliphatic heterocycles. The average Bonchev–Trinajstić information content (AvgIpc) is 3.51. The highest BCUT2D eigenvalue weighted by Crippen LogP contribution is 2.39. The zero-order valence-electron chi connectivity index (χ0n) is 26.6. The number of pyridine rings is 2. The first-order chi connectivity index (χ1) is 23.8. The average molecular weight is 690 g/mol. The molecule has 1 atom stereocenters. The Kier molecular flexibility index (Phi) is 9.66. The van der Waals surface area contributed by atoms with Crippen LogP contribution in [0.2, 0.25) is 0 Å². The van der Waals surface area contributed by atoms with Crippen LogP contribution in [0.5, 0.6) is 11.5 Å². The monoisotopic (exact) mass is 689 g/mol. The molecule has 0 saturated carbocycles. The van der Waals surface area contributed by atoms with Crippen LogP contribution in [0.4, 0.5) is 19.7 Å². The van der Waals surface area contributed by atoms with Gasteiger partial charge >= 0.3 is 12.1 Å². The summed E-state index contributed by atoms with van der Waals surface area (Å²) in [6.45, 7) is 3.60. The lowest BCUT2D eigenvalue weighted by atomic mass is 9.94. The molecule has 13 nitrogen and oxygen atoms in total. The van der Waals surface area contributed by atoms with E-state index in [9.17, 15) is 19.5 Å². The molecule has 3 saturated heterocycles. The van der Waals surface area contributed by atoms with Crippen molar-refractivity contribution in [1.29, 1.82) is 0 Å². The second kappa shape index (κ2) is 14.4. The minimum Gasteiger partial charge on any atom is -0.453 e. The summed E-state index contributed by atoms with van der Waals surface area (Å²) in [4.78, 5) is 50.5. The van der Waals surface area contributed by atoms with Gasteiger partial charge in [0.15, 0.2) is 17.3 Å². The number of aliphatic hydroxyl groups excluding tert-OH is 1. The summed E-state index contributed by atoms with van der Waals surface area (Å²) in [5, 5.41) is 17.5. The van der Waals surface area contributed by atoms with E-state index in [1.807, 2.05) is 24.4 Å². The number of rotatable bonds is 10. The van der Waals surface area contributed by atoms with Crippen LogP contribution < -0.4 is 20.7 Å². The highest BCUT2D eigenvalue weighted by molar-refractivity contribution is 7.22. The lowest BCUT2D eigenvalue weighted by molar-refractivity contribution is -0.127. The first-order valence-corrected chi connectivity index (χ1v) is 17.0. The van der Waals surface area contributed by atoms with Gasteiger partial charge in [-0.05, 0) is 49.2 Å². The number of piperidine rings is 1. The van der Waals surface area contributed by atoms with E-state index < -0.39 is 18.5 Å². The highest BCUT2D eigenvalue weighted by atomic mass is 32.1. The van der Waals surface area contributed by atoms with Crippen molar-refractivity contribution in [2.24, 2.45) is 5.92 Å². The summed E-state index contributed by atoms with van der Waals surface area (Å²) < 4.78 is 26.9. The summed E-state index contributed by atoms with van der Waals surface area (Å²) in [6, 6.07) is 10.9. The molecule has 0 bridgehead atoms. The number of halogens is 1. The van der Waals surface area contributed by atoms with Crippen molar-refractivity contribution < 1.29 is 33.4 Å². The number of carbonyl (C=O) groups is 3. The smallest absolute Gasteiger partial charge is 0.319 e. The van der Waals surface area contributed by atoms with Gasteiger partial charge in [-0.25, -0.2) is 14.0 Å². The number of hydrogen-bond acceptors (Lipinski definition) is 10. The number of nitrogens with one attached hydrogen (secondary N) is 3. The molecule has 0 radical (unpaired) electrons. The number of aromatic nitrogens is 2. The van der Waals surface area contributed by atoms with E-state index in [1.165, 1.54) is 23.5 Å². The molecule has 15 heteroatoms. The van der Waals surface area contributed by atoms with Gasteiger partial charge in [0.1, 0.15) is 12.4 Å². The summed E-state index contributed by atoms with van der Waals surface area (Å²) in [5.74, 6) is -0.436. The van der Waals surface area contributed by atoms with E-state index in [0.717, 1.165) is 40.2 Å². The fraction of sp³-hybridized carbons (Fsp3) is 0.382. The number of hydrogen-bond donors (Lipinski definition) is 4. The van der Waals surface area contributed by atoms with Crippen LogP contribution in [0.1, 0.15) is 18.4 Å². The van der Waals surface area contributed by atoms with Crippen LogP contribution in [-0.4, -0.2) is 101 Å². The molecule has 4 aromatic rings.